The Morgan fingerprint density at radius 2 is 1.94 bits per heavy atom. The number of nitrogens with zero attached hydrogens (tertiary/aromatic N) is 1. The van der Waals surface area contributed by atoms with Gasteiger partial charge in [0.25, 0.3) is 0 Å². The first kappa shape index (κ1) is 14.2. The topological polar surface area (TPSA) is 42.4 Å². The Labute approximate surface area is 104 Å². The minimum Gasteiger partial charge on any atom is -0.423 e. The van der Waals surface area contributed by atoms with E-state index in [1.54, 1.807) is 0 Å². The lowest BCUT2D eigenvalue weighted by molar-refractivity contribution is 0.0969. The molecule has 2 rings (SSSR count). The Morgan fingerprint density at radius 1 is 1.35 bits per heavy atom. The van der Waals surface area contributed by atoms with E-state index in [4.69, 9.17) is 4.65 Å². The van der Waals surface area contributed by atoms with E-state index in [1.165, 1.54) is 0 Å². The van der Waals surface area contributed by atoms with E-state index in [-0.39, 0.29) is 0 Å². The van der Waals surface area contributed by atoms with Crippen LogP contribution in [0.3, 0.4) is 0 Å². The second-order valence-electron chi connectivity index (χ2n) is 4.84. The van der Waals surface area contributed by atoms with Crippen LogP contribution in [0.15, 0.2) is 12.3 Å². The van der Waals surface area contributed by atoms with Crippen LogP contribution in [0.1, 0.15) is 58.7 Å². The molecule has 1 N–H and O–H groups in total. The third-order valence-corrected chi connectivity index (χ3v) is 2.85. The summed E-state index contributed by atoms with van der Waals surface area (Å²) < 4.78 is 5.45. The molecular formula is C13H22BNO2. The molecule has 0 radical (unpaired) electrons. The smallest absolute Gasteiger partial charge is 0.423 e. The number of fused-ring (bicyclic) bond motifs is 1. The summed E-state index contributed by atoms with van der Waals surface area (Å²) in [7, 11) is -0.832. The van der Waals surface area contributed by atoms with Crippen molar-refractivity contribution in [3.63, 3.8) is 0 Å². The van der Waals surface area contributed by atoms with Crippen LogP contribution in [0, 0.1) is 0 Å². The van der Waals surface area contributed by atoms with Crippen LogP contribution in [-0.2, 0) is 10.3 Å². The van der Waals surface area contributed by atoms with E-state index >= 15 is 0 Å². The predicted octanol–water partition coefficient (Wildman–Crippen LogP) is 2.18. The Balaban J connectivity index is 0.000000686. The molecule has 0 unspecified atom stereocenters. The fourth-order valence-electron chi connectivity index (χ4n) is 1.90. The van der Waals surface area contributed by atoms with Gasteiger partial charge in [0, 0.05) is 11.7 Å². The van der Waals surface area contributed by atoms with Gasteiger partial charge in [-0.15, -0.1) is 0 Å². The molecule has 1 aromatic rings. The van der Waals surface area contributed by atoms with Crippen LogP contribution in [0.5, 0.6) is 0 Å². The largest absolute Gasteiger partial charge is 0.493 e. The second-order valence-corrected chi connectivity index (χ2v) is 4.84. The second kappa shape index (κ2) is 5.19. The van der Waals surface area contributed by atoms with Crippen LogP contribution in [0.25, 0.3) is 0 Å². The average molecular weight is 235 g/mol. The zero-order chi connectivity index (χ0) is 13.2. The van der Waals surface area contributed by atoms with Gasteiger partial charge < -0.3 is 9.68 Å². The van der Waals surface area contributed by atoms with Crippen LogP contribution in [0.2, 0.25) is 0 Å². The summed E-state index contributed by atoms with van der Waals surface area (Å²) in [6.45, 7) is 12.1. The summed E-state index contributed by atoms with van der Waals surface area (Å²) in [4.78, 5) is 4.40. The van der Waals surface area contributed by atoms with Gasteiger partial charge in [0.15, 0.2) is 0 Å². The van der Waals surface area contributed by atoms with E-state index in [1.807, 2.05) is 40.0 Å². The molecule has 0 fully saturated rings. The lowest BCUT2D eigenvalue weighted by Gasteiger charge is -2.18. The van der Waals surface area contributed by atoms with Crippen molar-refractivity contribution in [3.05, 3.63) is 23.5 Å². The van der Waals surface area contributed by atoms with Gasteiger partial charge >= 0.3 is 7.12 Å². The van der Waals surface area contributed by atoms with Crippen molar-refractivity contribution in [2.75, 3.05) is 0 Å². The Morgan fingerprint density at radius 3 is 2.47 bits per heavy atom. The van der Waals surface area contributed by atoms with E-state index in [0.29, 0.717) is 5.92 Å². The van der Waals surface area contributed by atoms with E-state index in [0.717, 1.165) is 16.7 Å². The van der Waals surface area contributed by atoms with Gasteiger partial charge in [0.05, 0.1) is 11.3 Å². The lowest BCUT2D eigenvalue weighted by Crippen LogP contribution is -2.29. The summed E-state index contributed by atoms with van der Waals surface area (Å²) in [5.74, 6) is 0.415. The van der Waals surface area contributed by atoms with Crippen molar-refractivity contribution < 1.29 is 9.68 Å². The van der Waals surface area contributed by atoms with Gasteiger partial charge in [-0.3, -0.25) is 4.98 Å². The minimum atomic E-state index is -0.832. The Kier molecular flexibility index (Phi) is 4.34. The maximum atomic E-state index is 9.76. The number of hydrogen-bond donors (Lipinski definition) is 1. The molecule has 1 aliphatic rings. The zero-order valence-electron chi connectivity index (χ0n) is 11.6. The lowest BCUT2D eigenvalue weighted by atomic mass is 9.79. The Hall–Kier alpha value is -0.865. The van der Waals surface area contributed by atoms with Crippen LogP contribution in [0.4, 0.5) is 0 Å². The van der Waals surface area contributed by atoms with Crippen LogP contribution < -0.4 is 5.46 Å². The predicted molar refractivity (Wildman–Crippen MR) is 71.4 cm³/mol. The molecule has 0 saturated heterocycles. The normalized spacial score (nSPS) is 16.6. The highest BCUT2D eigenvalue weighted by atomic mass is 16.5. The molecule has 17 heavy (non-hydrogen) atoms. The number of pyridine rings is 1. The van der Waals surface area contributed by atoms with Crippen molar-refractivity contribution in [1.82, 2.24) is 4.98 Å². The molecule has 4 heteroatoms. The third kappa shape index (κ3) is 2.69. The number of rotatable bonds is 1. The number of hydrogen-bond acceptors (Lipinski definition) is 3. The van der Waals surface area contributed by atoms with Crippen molar-refractivity contribution in [1.29, 1.82) is 0 Å². The molecule has 0 atom stereocenters. The van der Waals surface area contributed by atoms with Gasteiger partial charge in [0.1, 0.15) is 0 Å². The highest BCUT2D eigenvalue weighted by Gasteiger charge is 2.42. The third-order valence-electron chi connectivity index (χ3n) is 2.85. The van der Waals surface area contributed by atoms with Gasteiger partial charge in [-0.25, -0.2) is 0 Å². The highest BCUT2D eigenvalue weighted by Crippen LogP contribution is 2.28. The molecule has 94 valence electrons. The molecule has 1 aromatic heterocycles. The van der Waals surface area contributed by atoms with E-state index in [9.17, 15) is 5.02 Å². The van der Waals surface area contributed by atoms with E-state index < -0.39 is 12.7 Å². The van der Waals surface area contributed by atoms with Crippen molar-refractivity contribution in [3.8, 4) is 0 Å². The fraction of sp³-hybridized carbons (Fsp3) is 0.615. The summed E-state index contributed by atoms with van der Waals surface area (Å²) >= 11 is 0. The van der Waals surface area contributed by atoms with Gasteiger partial charge in [-0.1, -0.05) is 33.8 Å². The van der Waals surface area contributed by atoms with Gasteiger partial charge in [0.2, 0.25) is 0 Å². The zero-order valence-corrected chi connectivity index (χ0v) is 11.6. The molecule has 0 saturated carbocycles. The first-order valence-electron chi connectivity index (χ1n) is 6.28. The molecule has 2 heterocycles. The molecule has 0 aliphatic carbocycles. The fourth-order valence-corrected chi connectivity index (χ4v) is 1.90. The quantitative estimate of drug-likeness (QED) is 0.758. The van der Waals surface area contributed by atoms with Crippen molar-refractivity contribution in [2.24, 2.45) is 0 Å². The molecule has 0 amide bonds. The first-order chi connectivity index (χ1) is 7.92. The minimum absolute atomic E-state index is 0.415. The summed E-state index contributed by atoms with van der Waals surface area (Å²) in [5, 5.41) is 9.76. The first-order valence-corrected chi connectivity index (χ1v) is 6.28. The molecular weight excluding hydrogens is 213 g/mol. The SMILES string of the molecule is CC.CC(C)c1cnc2c(c1)B(O)OC2(C)C. The maximum Gasteiger partial charge on any atom is 0.493 e. The average Bonchev–Trinajstić information content (AvgIpc) is 2.52. The van der Waals surface area contributed by atoms with Gasteiger partial charge in [-0.05, 0) is 25.3 Å². The van der Waals surface area contributed by atoms with E-state index in [2.05, 4.69) is 18.8 Å². The van der Waals surface area contributed by atoms with Crippen LogP contribution >= 0.6 is 0 Å². The summed E-state index contributed by atoms with van der Waals surface area (Å²) in [6, 6.07) is 1.99. The van der Waals surface area contributed by atoms with Crippen LogP contribution in [-0.4, -0.2) is 17.1 Å². The molecule has 1 aliphatic heterocycles. The van der Waals surface area contributed by atoms with Crippen molar-refractivity contribution in [2.45, 2.75) is 53.1 Å². The molecule has 3 nitrogen and oxygen atoms in total. The summed E-state index contributed by atoms with van der Waals surface area (Å²) in [6.07, 6.45) is 1.87. The van der Waals surface area contributed by atoms with Crippen molar-refractivity contribution >= 4 is 12.6 Å². The van der Waals surface area contributed by atoms with Gasteiger partial charge in [-0.2, -0.15) is 0 Å². The molecule has 0 aromatic carbocycles. The Bertz CT molecular complexity index is 391. The maximum absolute atomic E-state index is 9.76. The highest BCUT2D eigenvalue weighted by molar-refractivity contribution is 6.61. The molecule has 0 bridgehead atoms. The standard InChI is InChI=1S/C11H16BNO2.C2H6/c1-7(2)8-5-9-10(13-6-8)11(3,4)15-12(9)14;1-2/h5-7,14H,1-4H3;1-2H3. The summed E-state index contributed by atoms with van der Waals surface area (Å²) in [5.41, 5.74) is 2.31. The monoisotopic (exact) mass is 235 g/mol. The number of aromatic nitrogens is 1. The molecule has 0 spiro atoms.